The standard InChI is InChI=1S/C15H12O3/c1-18-15(17)13-8-7-12-5-2-4-11(6-3-9-16)14(12)10-13/h2-10H,1H3/b6-3+. The molecule has 0 saturated carbocycles. The Balaban J connectivity index is 2.61. The van der Waals surface area contributed by atoms with Crippen LogP contribution in [-0.2, 0) is 9.53 Å². The van der Waals surface area contributed by atoms with Crippen LogP contribution >= 0.6 is 0 Å². The van der Waals surface area contributed by atoms with Crippen LogP contribution in [0.3, 0.4) is 0 Å². The van der Waals surface area contributed by atoms with Gasteiger partial charge in [0.1, 0.15) is 6.29 Å². The second-order valence-electron chi connectivity index (χ2n) is 3.77. The van der Waals surface area contributed by atoms with Gasteiger partial charge >= 0.3 is 5.97 Å². The topological polar surface area (TPSA) is 43.4 Å². The molecule has 0 spiro atoms. The van der Waals surface area contributed by atoms with Crippen LogP contribution in [0.1, 0.15) is 15.9 Å². The van der Waals surface area contributed by atoms with Crippen LogP contribution in [0.4, 0.5) is 0 Å². The van der Waals surface area contributed by atoms with Crippen LogP contribution in [0, 0.1) is 0 Å². The number of hydrogen-bond acceptors (Lipinski definition) is 3. The second kappa shape index (κ2) is 5.27. The molecular weight excluding hydrogens is 228 g/mol. The zero-order valence-corrected chi connectivity index (χ0v) is 9.92. The summed E-state index contributed by atoms with van der Waals surface area (Å²) in [5.74, 6) is -0.369. The van der Waals surface area contributed by atoms with E-state index in [0.29, 0.717) is 5.56 Å². The number of ether oxygens (including phenoxy) is 1. The molecule has 0 heterocycles. The summed E-state index contributed by atoms with van der Waals surface area (Å²) in [6, 6.07) is 11.1. The minimum atomic E-state index is -0.369. The van der Waals surface area contributed by atoms with E-state index in [1.54, 1.807) is 18.2 Å². The van der Waals surface area contributed by atoms with E-state index in [0.717, 1.165) is 22.6 Å². The van der Waals surface area contributed by atoms with Gasteiger partial charge in [-0.1, -0.05) is 30.3 Å². The highest BCUT2D eigenvalue weighted by molar-refractivity contribution is 5.98. The van der Waals surface area contributed by atoms with Gasteiger partial charge in [-0.15, -0.1) is 0 Å². The Morgan fingerprint density at radius 2 is 2.06 bits per heavy atom. The first-order chi connectivity index (χ1) is 8.76. The summed E-state index contributed by atoms with van der Waals surface area (Å²) >= 11 is 0. The number of carbonyl (C=O) groups is 2. The molecule has 0 fully saturated rings. The molecular formula is C15H12O3. The highest BCUT2D eigenvalue weighted by Crippen LogP contribution is 2.22. The molecule has 0 radical (unpaired) electrons. The summed E-state index contributed by atoms with van der Waals surface area (Å²) in [7, 11) is 1.35. The predicted octanol–water partition coefficient (Wildman–Crippen LogP) is 2.84. The molecule has 0 unspecified atom stereocenters. The molecule has 0 aliphatic carbocycles. The van der Waals surface area contributed by atoms with Gasteiger partial charge < -0.3 is 4.74 Å². The first-order valence-corrected chi connectivity index (χ1v) is 5.49. The lowest BCUT2D eigenvalue weighted by Crippen LogP contribution is -2.00. The summed E-state index contributed by atoms with van der Waals surface area (Å²) in [6.45, 7) is 0. The molecule has 90 valence electrons. The van der Waals surface area contributed by atoms with Gasteiger partial charge in [-0.3, -0.25) is 4.79 Å². The van der Waals surface area contributed by atoms with E-state index >= 15 is 0 Å². The number of carbonyl (C=O) groups excluding carboxylic acids is 2. The number of rotatable bonds is 3. The first kappa shape index (κ1) is 12.0. The highest BCUT2D eigenvalue weighted by Gasteiger charge is 2.07. The van der Waals surface area contributed by atoms with Crippen LogP contribution in [0.2, 0.25) is 0 Å². The van der Waals surface area contributed by atoms with Crippen LogP contribution in [0.5, 0.6) is 0 Å². The fraction of sp³-hybridized carbons (Fsp3) is 0.0667. The summed E-state index contributed by atoms with van der Waals surface area (Å²) in [4.78, 5) is 21.9. The predicted molar refractivity (Wildman–Crippen MR) is 70.4 cm³/mol. The second-order valence-corrected chi connectivity index (χ2v) is 3.77. The van der Waals surface area contributed by atoms with Gasteiger partial charge in [0.15, 0.2) is 0 Å². The number of methoxy groups -OCH3 is 1. The van der Waals surface area contributed by atoms with Gasteiger partial charge in [0.2, 0.25) is 0 Å². The van der Waals surface area contributed by atoms with Crippen molar-refractivity contribution >= 4 is 29.1 Å². The van der Waals surface area contributed by atoms with E-state index in [1.165, 1.54) is 13.2 Å². The molecule has 0 aliphatic rings. The zero-order valence-electron chi connectivity index (χ0n) is 9.92. The number of hydrogen-bond donors (Lipinski definition) is 0. The number of benzene rings is 2. The van der Waals surface area contributed by atoms with E-state index < -0.39 is 0 Å². The summed E-state index contributed by atoms with van der Waals surface area (Å²) < 4.78 is 4.69. The van der Waals surface area contributed by atoms with Crippen LogP contribution < -0.4 is 0 Å². The molecule has 3 heteroatoms. The molecule has 0 aromatic heterocycles. The lowest BCUT2D eigenvalue weighted by molar-refractivity contribution is -0.104. The quantitative estimate of drug-likeness (QED) is 0.470. The van der Waals surface area contributed by atoms with E-state index in [9.17, 15) is 9.59 Å². The summed E-state index contributed by atoms with van der Waals surface area (Å²) in [6.07, 6.45) is 3.87. The van der Waals surface area contributed by atoms with Gasteiger partial charge in [0.05, 0.1) is 12.7 Å². The third-order valence-corrected chi connectivity index (χ3v) is 2.69. The van der Waals surface area contributed by atoms with Crippen molar-refractivity contribution in [3.05, 3.63) is 53.6 Å². The molecule has 2 aromatic rings. The van der Waals surface area contributed by atoms with Crippen LogP contribution in [0.15, 0.2) is 42.5 Å². The van der Waals surface area contributed by atoms with E-state index in [-0.39, 0.29) is 5.97 Å². The maximum Gasteiger partial charge on any atom is 0.337 e. The molecule has 0 saturated heterocycles. The minimum Gasteiger partial charge on any atom is -0.465 e. The molecule has 18 heavy (non-hydrogen) atoms. The fourth-order valence-electron chi connectivity index (χ4n) is 1.83. The highest BCUT2D eigenvalue weighted by atomic mass is 16.5. The summed E-state index contributed by atoms with van der Waals surface area (Å²) in [5.41, 5.74) is 1.39. The van der Waals surface area contributed by atoms with E-state index in [2.05, 4.69) is 0 Å². The Hall–Kier alpha value is -2.42. The molecule has 2 aromatic carbocycles. The van der Waals surface area contributed by atoms with Crippen LogP contribution in [-0.4, -0.2) is 19.4 Å². The normalized spacial score (nSPS) is 10.7. The molecule has 0 atom stereocenters. The van der Waals surface area contributed by atoms with Gasteiger partial charge in [0.25, 0.3) is 0 Å². The minimum absolute atomic E-state index is 0.369. The zero-order chi connectivity index (χ0) is 13.0. The van der Waals surface area contributed by atoms with Gasteiger partial charge in [-0.05, 0) is 34.5 Å². The number of allylic oxidation sites excluding steroid dienone is 1. The van der Waals surface area contributed by atoms with Crippen molar-refractivity contribution in [1.29, 1.82) is 0 Å². The average molecular weight is 240 g/mol. The van der Waals surface area contributed by atoms with Crippen molar-refractivity contribution in [3.63, 3.8) is 0 Å². The smallest absolute Gasteiger partial charge is 0.337 e. The van der Waals surface area contributed by atoms with Gasteiger partial charge in [-0.2, -0.15) is 0 Å². The Morgan fingerprint density at radius 1 is 1.22 bits per heavy atom. The molecule has 0 amide bonds. The first-order valence-electron chi connectivity index (χ1n) is 5.49. The third-order valence-electron chi connectivity index (χ3n) is 2.69. The molecule has 0 bridgehead atoms. The maximum absolute atomic E-state index is 11.5. The van der Waals surface area contributed by atoms with Crippen LogP contribution in [0.25, 0.3) is 16.8 Å². The lowest BCUT2D eigenvalue weighted by atomic mass is 10.0. The Bertz CT molecular complexity index is 627. The summed E-state index contributed by atoms with van der Waals surface area (Å²) in [5, 5.41) is 1.93. The maximum atomic E-state index is 11.5. The Morgan fingerprint density at radius 3 is 2.78 bits per heavy atom. The van der Waals surface area contributed by atoms with Crippen molar-refractivity contribution in [2.75, 3.05) is 7.11 Å². The Labute approximate surface area is 105 Å². The van der Waals surface area contributed by atoms with Gasteiger partial charge in [-0.25, -0.2) is 4.79 Å². The third kappa shape index (κ3) is 2.30. The van der Waals surface area contributed by atoms with Crippen molar-refractivity contribution in [2.45, 2.75) is 0 Å². The average Bonchev–Trinajstić information content (AvgIpc) is 2.43. The molecule has 3 nitrogen and oxygen atoms in total. The number of fused-ring (bicyclic) bond motifs is 1. The number of aldehydes is 1. The van der Waals surface area contributed by atoms with Gasteiger partial charge in [0, 0.05) is 0 Å². The fourth-order valence-corrected chi connectivity index (χ4v) is 1.83. The SMILES string of the molecule is COC(=O)c1ccc2cccc(/C=C/C=O)c2c1. The number of esters is 1. The van der Waals surface area contributed by atoms with Crippen molar-refractivity contribution in [1.82, 2.24) is 0 Å². The van der Waals surface area contributed by atoms with Crippen molar-refractivity contribution in [3.8, 4) is 0 Å². The van der Waals surface area contributed by atoms with Crippen molar-refractivity contribution in [2.24, 2.45) is 0 Å². The van der Waals surface area contributed by atoms with E-state index in [1.807, 2.05) is 24.3 Å². The van der Waals surface area contributed by atoms with Crippen molar-refractivity contribution < 1.29 is 14.3 Å². The molecule has 2 rings (SSSR count). The molecule has 0 N–H and O–H groups in total. The largest absolute Gasteiger partial charge is 0.465 e. The lowest BCUT2D eigenvalue weighted by Gasteiger charge is -2.05. The molecule has 0 aliphatic heterocycles. The Kier molecular flexibility index (Phi) is 3.53. The van der Waals surface area contributed by atoms with E-state index in [4.69, 9.17) is 4.74 Å². The monoisotopic (exact) mass is 240 g/mol.